The van der Waals surface area contributed by atoms with Crippen LogP contribution in [0.15, 0.2) is 53.3 Å². The largest absolute Gasteiger partial charge is 0.508 e. The Balaban J connectivity index is 1.65. The second kappa shape index (κ2) is 10.0. The second-order valence-corrected chi connectivity index (χ2v) is 11.2. The van der Waals surface area contributed by atoms with Gasteiger partial charge in [0.25, 0.3) is 5.91 Å². The summed E-state index contributed by atoms with van der Waals surface area (Å²) in [5.41, 5.74) is 4.35. The van der Waals surface area contributed by atoms with Gasteiger partial charge in [0.1, 0.15) is 29.5 Å². The molecule has 1 fully saturated rings. The van der Waals surface area contributed by atoms with Crippen molar-refractivity contribution in [3.63, 3.8) is 0 Å². The summed E-state index contributed by atoms with van der Waals surface area (Å²) in [5, 5.41) is 47.9. The van der Waals surface area contributed by atoms with Crippen molar-refractivity contribution in [3.05, 3.63) is 64.4 Å². The number of rotatable bonds is 6. The highest BCUT2D eigenvalue weighted by atomic mass is 19.1. The van der Waals surface area contributed by atoms with Crippen molar-refractivity contribution in [2.45, 2.75) is 37.5 Å². The SMILES string of the molecule is CC(CF)Nc1ccc(-c2ccc(O)c3c2C[C@H]2C[C@H]4C(N(C)C)C(=O)C(C(N)=O)=C(O)[C@@]4(O)C(=O)C2=C3O)cc1. The van der Waals surface area contributed by atoms with Crippen LogP contribution in [0.3, 0.4) is 0 Å². The van der Waals surface area contributed by atoms with E-state index in [4.69, 9.17) is 5.73 Å². The molecule has 3 aliphatic rings. The molecule has 0 aliphatic heterocycles. The Labute approximate surface area is 235 Å². The number of Topliss-reactive ketones (excluding diaryl/α,β-unsaturated/α-hetero) is 2. The van der Waals surface area contributed by atoms with E-state index in [0.717, 1.165) is 5.56 Å². The van der Waals surface area contributed by atoms with Crippen LogP contribution in [-0.2, 0) is 20.8 Å². The highest BCUT2D eigenvalue weighted by molar-refractivity contribution is 6.24. The number of phenolic OH excluding ortho intramolecular Hbond substituents is 1. The zero-order valence-electron chi connectivity index (χ0n) is 22.8. The van der Waals surface area contributed by atoms with Crippen LogP contribution in [0.4, 0.5) is 10.1 Å². The number of fused-ring (bicyclic) bond motifs is 3. The monoisotopic (exact) mass is 565 g/mol. The lowest BCUT2D eigenvalue weighted by Gasteiger charge is -2.50. The van der Waals surface area contributed by atoms with Crippen LogP contribution in [-0.4, -0.2) is 81.3 Å². The molecule has 11 heteroatoms. The maximum Gasteiger partial charge on any atom is 0.255 e. The van der Waals surface area contributed by atoms with Crippen molar-refractivity contribution in [2.24, 2.45) is 17.6 Å². The van der Waals surface area contributed by atoms with E-state index >= 15 is 0 Å². The standard InChI is InChI=1S/C30H32FN3O7/c1-13(12-31)33-16-6-4-14(5-7-16)17-8-9-20(35)22-18(17)10-15-11-19-24(34(2)3)26(37)23(29(32)40)28(39)30(19,41)27(38)21(15)25(22)36/h4-9,13,15,19,24,33,35-36,39,41H,10-12H2,1-3H3,(H2,32,40)/t13?,15-,19-,24?,30-/m0/s1. The number of nitrogens with zero attached hydrogens (tertiary/aromatic N) is 1. The number of hydrogen-bond donors (Lipinski definition) is 6. The number of alkyl halides is 1. The Kier molecular flexibility index (Phi) is 6.91. The number of hydrogen-bond acceptors (Lipinski definition) is 9. The molecule has 1 amide bonds. The van der Waals surface area contributed by atoms with E-state index in [2.05, 4.69) is 5.32 Å². The van der Waals surface area contributed by atoms with Gasteiger partial charge >= 0.3 is 0 Å². The van der Waals surface area contributed by atoms with E-state index < -0.39 is 64.7 Å². The average molecular weight is 566 g/mol. The third kappa shape index (κ3) is 4.18. The quantitative estimate of drug-likeness (QED) is 0.288. The summed E-state index contributed by atoms with van der Waals surface area (Å²) in [4.78, 5) is 40.8. The Hall–Kier alpha value is -4.22. The van der Waals surface area contributed by atoms with E-state index in [0.29, 0.717) is 16.8 Å². The average Bonchev–Trinajstić information content (AvgIpc) is 2.91. The molecule has 0 saturated heterocycles. The molecular weight excluding hydrogens is 533 g/mol. The number of primary amides is 1. The Morgan fingerprint density at radius 2 is 1.80 bits per heavy atom. The number of ketones is 2. The molecule has 7 N–H and O–H groups in total. The fraction of sp³-hybridized carbons (Fsp3) is 0.367. The van der Waals surface area contributed by atoms with Gasteiger partial charge in [-0.2, -0.15) is 0 Å². The number of nitrogens with two attached hydrogens (primary N) is 1. The zero-order valence-corrected chi connectivity index (χ0v) is 22.8. The fourth-order valence-electron chi connectivity index (χ4n) is 6.58. The maximum absolute atomic E-state index is 13.9. The molecule has 216 valence electrons. The molecule has 0 radical (unpaired) electrons. The van der Waals surface area contributed by atoms with E-state index in [1.54, 1.807) is 39.2 Å². The third-order valence-corrected chi connectivity index (χ3v) is 8.44. The van der Waals surface area contributed by atoms with E-state index in [1.165, 1.54) is 11.0 Å². The Bertz CT molecular complexity index is 1530. The van der Waals surface area contributed by atoms with Crippen molar-refractivity contribution < 1.29 is 39.2 Å². The molecule has 2 unspecified atom stereocenters. The first-order valence-electron chi connectivity index (χ1n) is 13.2. The van der Waals surface area contributed by atoms with Crippen molar-refractivity contribution in [2.75, 3.05) is 26.1 Å². The van der Waals surface area contributed by atoms with Crippen LogP contribution in [0.25, 0.3) is 16.9 Å². The van der Waals surface area contributed by atoms with Crippen LogP contribution < -0.4 is 11.1 Å². The number of amides is 1. The number of carbonyl (C=O) groups excluding carboxylic acids is 3. The normalized spacial score (nSPS) is 26.4. The third-order valence-electron chi connectivity index (χ3n) is 8.44. The summed E-state index contributed by atoms with van der Waals surface area (Å²) in [6.45, 7) is 1.18. The zero-order chi connectivity index (χ0) is 30.0. The number of aliphatic hydroxyl groups excluding tert-OH is 2. The van der Waals surface area contributed by atoms with Gasteiger partial charge in [-0.25, -0.2) is 4.39 Å². The highest BCUT2D eigenvalue weighted by Gasteiger charge is 2.64. The van der Waals surface area contributed by atoms with E-state index in [9.17, 15) is 39.2 Å². The molecule has 3 aliphatic carbocycles. The molecular formula is C30H32FN3O7. The minimum Gasteiger partial charge on any atom is -0.508 e. The molecule has 0 aromatic heterocycles. The van der Waals surface area contributed by atoms with Gasteiger partial charge < -0.3 is 31.5 Å². The smallest absolute Gasteiger partial charge is 0.255 e. The number of aromatic hydroxyl groups is 1. The Morgan fingerprint density at radius 3 is 2.39 bits per heavy atom. The molecule has 0 heterocycles. The molecule has 10 nitrogen and oxygen atoms in total. The van der Waals surface area contributed by atoms with Gasteiger partial charge in [0.2, 0.25) is 5.78 Å². The summed E-state index contributed by atoms with van der Waals surface area (Å²) in [7, 11) is 3.10. The first-order valence-corrected chi connectivity index (χ1v) is 13.2. The number of likely N-dealkylation sites (N-methyl/N-ethyl adjacent to an activating group) is 1. The van der Waals surface area contributed by atoms with Gasteiger partial charge in [-0.15, -0.1) is 0 Å². The number of anilines is 1. The van der Waals surface area contributed by atoms with Crippen molar-refractivity contribution in [1.82, 2.24) is 4.90 Å². The van der Waals surface area contributed by atoms with E-state index in [-0.39, 0.29) is 35.8 Å². The maximum atomic E-state index is 13.9. The molecule has 1 saturated carbocycles. The molecule has 5 rings (SSSR count). The summed E-state index contributed by atoms with van der Waals surface area (Å²) >= 11 is 0. The summed E-state index contributed by atoms with van der Waals surface area (Å²) in [6.07, 6.45) is 0.183. The van der Waals surface area contributed by atoms with Crippen LogP contribution in [0.2, 0.25) is 0 Å². The highest BCUT2D eigenvalue weighted by Crippen LogP contribution is 2.53. The summed E-state index contributed by atoms with van der Waals surface area (Å²) in [5.74, 6) is -6.92. The Morgan fingerprint density at radius 1 is 1.15 bits per heavy atom. The lowest BCUT2D eigenvalue weighted by Crippen LogP contribution is -2.65. The lowest BCUT2D eigenvalue weighted by molar-refractivity contribution is -0.153. The fourth-order valence-corrected chi connectivity index (χ4v) is 6.58. The van der Waals surface area contributed by atoms with Crippen LogP contribution in [0.5, 0.6) is 5.75 Å². The number of benzene rings is 2. The lowest BCUT2D eigenvalue weighted by atomic mass is 9.57. The van der Waals surface area contributed by atoms with Crippen molar-refractivity contribution in [1.29, 1.82) is 0 Å². The molecule has 2 aromatic carbocycles. The first-order chi connectivity index (χ1) is 19.3. The number of halogens is 1. The summed E-state index contributed by atoms with van der Waals surface area (Å²) < 4.78 is 12.9. The number of nitrogens with one attached hydrogen (secondary N) is 1. The number of carbonyl (C=O) groups is 3. The predicted molar refractivity (Wildman–Crippen MR) is 149 cm³/mol. The van der Waals surface area contributed by atoms with Gasteiger partial charge in [0.05, 0.1) is 17.6 Å². The van der Waals surface area contributed by atoms with Crippen LogP contribution >= 0.6 is 0 Å². The van der Waals surface area contributed by atoms with Crippen LogP contribution in [0.1, 0.15) is 24.5 Å². The van der Waals surface area contributed by atoms with Gasteiger partial charge in [0, 0.05) is 17.2 Å². The molecule has 5 atom stereocenters. The van der Waals surface area contributed by atoms with Gasteiger partial charge in [-0.1, -0.05) is 18.2 Å². The molecule has 0 bridgehead atoms. The summed E-state index contributed by atoms with van der Waals surface area (Å²) in [6, 6.07) is 8.77. The minimum atomic E-state index is -2.68. The van der Waals surface area contributed by atoms with Gasteiger partial charge in [-0.05, 0) is 74.7 Å². The van der Waals surface area contributed by atoms with Crippen molar-refractivity contribution >= 4 is 28.9 Å². The van der Waals surface area contributed by atoms with Gasteiger partial charge in [0.15, 0.2) is 11.4 Å². The van der Waals surface area contributed by atoms with Crippen molar-refractivity contribution in [3.8, 4) is 16.9 Å². The first kappa shape index (κ1) is 28.3. The van der Waals surface area contributed by atoms with Gasteiger partial charge in [-0.3, -0.25) is 19.3 Å². The minimum absolute atomic E-state index is 0.00480. The number of phenols is 1. The predicted octanol–water partition coefficient (Wildman–Crippen LogP) is 2.40. The molecule has 2 aromatic rings. The second-order valence-electron chi connectivity index (χ2n) is 11.2. The van der Waals surface area contributed by atoms with Crippen LogP contribution in [0, 0.1) is 11.8 Å². The number of aliphatic hydroxyl groups is 3. The topological polar surface area (TPSA) is 173 Å². The molecule has 0 spiro atoms. The molecule has 41 heavy (non-hydrogen) atoms. The van der Waals surface area contributed by atoms with E-state index in [1.807, 2.05) is 12.1 Å².